The fraction of sp³-hybridized carbons (Fsp3) is 1.00. The second kappa shape index (κ2) is 7.29. The van der Waals surface area contributed by atoms with Crippen molar-refractivity contribution in [2.75, 3.05) is 20.1 Å². The van der Waals surface area contributed by atoms with Gasteiger partial charge in [0.25, 0.3) is 0 Å². The molecule has 0 amide bonds. The molecule has 1 aliphatic heterocycles. The molecule has 0 radical (unpaired) electrons. The summed E-state index contributed by atoms with van der Waals surface area (Å²) < 4.78 is 0. The number of hydrogen-bond donors (Lipinski definition) is 1. The number of nitrogens with zero attached hydrogens (tertiary/aromatic N) is 1. The van der Waals surface area contributed by atoms with Gasteiger partial charge in [-0.25, -0.2) is 0 Å². The minimum Gasteiger partial charge on any atom is -0.312 e. The fourth-order valence-corrected chi connectivity index (χ4v) is 2.62. The third kappa shape index (κ3) is 4.42. The van der Waals surface area contributed by atoms with Crippen LogP contribution in [0.25, 0.3) is 0 Å². The van der Waals surface area contributed by atoms with E-state index in [0.717, 1.165) is 18.0 Å². The molecule has 0 aliphatic carbocycles. The monoisotopic (exact) mass is 226 g/mol. The Morgan fingerprint density at radius 2 is 2.12 bits per heavy atom. The minimum absolute atomic E-state index is 0.732. The van der Waals surface area contributed by atoms with Crippen LogP contribution < -0.4 is 5.32 Å². The van der Waals surface area contributed by atoms with Crippen molar-refractivity contribution in [1.82, 2.24) is 10.2 Å². The fourth-order valence-electron chi connectivity index (χ4n) is 2.62. The maximum absolute atomic E-state index is 3.76. The van der Waals surface area contributed by atoms with Gasteiger partial charge in [-0.1, -0.05) is 33.1 Å². The smallest absolute Gasteiger partial charge is 0.0209 e. The average molecular weight is 226 g/mol. The molecule has 1 saturated heterocycles. The first-order valence-corrected chi connectivity index (χ1v) is 7.10. The lowest BCUT2D eigenvalue weighted by Gasteiger charge is -2.19. The van der Waals surface area contributed by atoms with E-state index in [2.05, 4.69) is 38.0 Å². The van der Waals surface area contributed by atoms with Crippen LogP contribution in [0.3, 0.4) is 0 Å². The van der Waals surface area contributed by atoms with E-state index in [1.807, 2.05) is 0 Å². The first-order valence-electron chi connectivity index (χ1n) is 7.10. The highest BCUT2D eigenvalue weighted by atomic mass is 15.2. The van der Waals surface area contributed by atoms with Crippen molar-refractivity contribution in [1.29, 1.82) is 0 Å². The lowest BCUT2D eigenvalue weighted by molar-refractivity contribution is 0.324. The van der Waals surface area contributed by atoms with Crippen molar-refractivity contribution in [3.05, 3.63) is 0 Å². The normalized spacial score (nSPS) is 28.5. The van der Waals surface area contributed by atoms with E-state index in [0.29, 0.717) is 0 Å². The van der Waals surface area contributed by atoms with Gasteiger partial charge in [-0.2, -0.15) is 0 Å². The number of likely N-dealkylation sites (tertiary alicyclic amines) is 1. The van der Waals surface area contributed by atoms with Gasteiger partial charge in [-0.05, 0) is 39.3 Å². The summed E-state index contributed by atoms with van der Waals surface area (Å²) in [5, 5.41) is 3.76. The van der Waals surface area contributed by atoms with E-state index < -0.39 is 0 Å². The Morgan fingerprint density at radius 3 is 2.62 bits per heavy atom. The molecule has 0 aromatic carbocycles. The molecule has 0 bridgehead atoms. The van der Waals surface area contributed by atoms with E-state index >= 15 is 0 Å². The predicted molar refractivity (Wildman–Crippen MR) is 71.8 cm³/mol. The van der Waals surface area contributed by atoms with Gasteiger partial charge >= 0.3 is 0 Å². The van der Waals surface area contributed by atoms with Gasteiger partial charge in [0.05, 0.1) is 0 Å². The van der Waals surface area contributed by atoms with Crippen LogP contribution in [0, 0.1) is 5.92 Å². The predicted octanol–water partition coefficient (Wildman–Crippen LogP) is 2.89. The third-order valence-corrected chi connectivity index (χ3v) is 4.12. The van der Waals surface area contributed by atoms with E-state index in [-0.39, 0.29) is 0 Å². The highest BCUT2D eigenvalue weighted by Gasteiger charge is 2.25. The molecule has 1 aliphatic rings. The molecule has 1 rings (SSSR count). The quantitative estimate of drug-likeness (QED) is 0.718. The van der Waals surface area contributed by atoms with E-state index in [1.54, 1.807) is 0 Å². The summed E-state index contributed by atoms with van der Waals surface area (Å²) in [5.41, 5.74) is 0. The van der Waals surface area contributed by atoms with Crippen LogP contribution in [0.4, 0.5) is 0 Å². The molecule has 1 heterocycles. The van der Waals surface area contributed by atoms with Crippen LogP contribution >= 0.6 is 0 Å². The van der Waals surface area contributed by atoms with Crippen molar-refractivity contribution >= 4 is 0 Å². The van der Waals surface area contributed by atoms with Crippen molar-refractivity contribution in [3.63, 3.8) is 0 Å². The number of nitrogens with one attached hydrogen (secondary N) is 1. The molecule has 0 saturated carbocycles. The molecule has 0 aromatic rings. The highest BCUT2D eigenvalue weighted by molar-refractivity contribution is 4.85. The zero-order chi connectivity index (χ0) is 12.0. The average Bonchev–Trinajstić information content (AvgIpc) is 2.59. The molecule has 1 fully saturated rings. The Balaban J connectivity index is 2.17. The standard InChI is InChI=1S/C14H30N2/c1-5-7-8-13(6-2)10-15-14-9-12(3)16(4)11-14/h12-15H,5-11H2,1-4H3. The van der Waals surface area contributed by atoms with Crippen LogP contribution in [0.5, 0.6) is 0 Å². The second-order valence-corrected chi connectivity index (χ2v) is 5.55. The van der Waals surface area contributed by atoms with Gasteiger partial charge in [0.2, 0.25) is 0 Å². The van der Waals surface area contributed by atoms with Crippen molar-refractivity contribution in [2.24, 2.45) is 5.92 Å². The lowest BCUT2D eigenvalue weighted by atomic mass is 9.99. The second-order valence-electron chi connectivity index (χ2n) is 5.55. The Bertz CT molecular complexity index is 172. The molecular weight excluding hydrogens is 196 g/mol. The summed E-state index contributed by atoms with van der Waals surface area (Å²) in [7, 11) is 2.24. The maximum atomic E-state index is 3.76. The molecular formula is C14H30N2. The summed E-state index contributed by atoms with van der Waals surface area (Å²) in [5.74, 6) is 0.890. The molecule has 2 nitrogen and oxygen atoms in total. The van der Waals surface area contributed by atoms with Crippen LogP contribution in [0.1, 0.15) is 52.9 Å². The zero-order valence-corrected chi connectivity index (χ0v) is 11.6. The first kappa shape index (κ1) is 14.0. The summed E-state index contributed by atoms with van der Waals surface area (Å²) >= 11 is 0. The third-order valence-electron chi connectivity index (χ3n) is 4.12. The van der Waals surface area contributed by atoms with Gasteiger partial charge in [0, 0.05) is 18.6 Å². The highest BCUT2D eigenvalue weighted by Crippen LogP contribution is 2.16. The Morgan fingerprint density at radius 1 is 1.38 bits per heavy atom. The first-order chi connectivity index (χ1) is 7.67. The SMILES string of the molecule is CCCCC(CC)CNC1CC(C)N(C)C1. The van der Waals surface area contributed by atoms with Crippen molar-refractivity contribution in [2.45, 2.75) is 65.0 Å². The summed E-state index contributed by atoms with van der Waals surface area (Å²) in [6, 6.07) is 1.49. The summed E-state index contributed by atoms with van der Waals surface area (Å²) in [4.78, 5) is 2.46. The molecule has 1 N–H and O–H groups in total. The number of likely N-dealkylation sites (N-methyl/N-ethyl adjacent to an activating group) is 1. The molecule has 0 aromatic heterocycles. The topological polar surface area (TPSA) is 15.3 Å². The van der Waals surface area contributed by atoms with E-state index in [9.17, 15) is 0 Å². The van der Waals surface area contributed by atoms with Gasteiger partial charge in [-0.15, -0.1) is 0 Å². The molecule has 2 heteroatoms. The van der Waals surface area contributed by atoms with Crippen LogP contribution in [0.15, 0.2) is 0 Å². The Labute approximate surface area is 102 Å². The van der Waals surface area contributed by atoms with Gasteiger partial charge in [0.15, 0.2) is 0 Å². The van der Waals surface area contributed by atoms with Crippen LogP contribution in [-0.2, 0) is 0 Å². The molecule has 3 unspecified atom stereocenters. The number of rotatable bonds is 7. The van der Waals surface area contributed by atoms with Gasteiger partial charge in [-0.3, -0.25) is 0 Å². The van der Waals surface area contributed by atoms with Gasteiger partial charge in [0.1, 0.15) is 0 Å². The minimum atomic E-state index is 0.732. The largest absolute Gasteiger partial charge is 0.312 e. The van der Waals surface area contributed by atoms with E-state index in [1.165, 1.54) is 45.2 Å². The number of hydrogen-bond acceptors (Lipinski definition) is 2. The summed E-state index contributed by atoms with van der Waals surface area (Å²) in [6.45, 7) is 9.39. The molecule has 0 spiro atoms. The van der Waals surface area contributed by atoms with Gasteiger partial charge < -0.3 is 10.2 Å². The Hall–Kier alpha value is -0.0800. The van der Waals surface area contributed by atoms with Crippen LogP contribution in [-0.4, -0.2) is 37.1 Å². The zero-order valence-electron chi connectivity index (χ0n) is 11.6. The van der Waals surface area contributed by atoms with Crippen molar-refractivity contribution < 1.29 is 0 Å². The van der Waals surface area contributed by atoms with Crippen molar-refractivity contribution in [3.8, 4) is 0 Å². The maximum Gasteiger partial charge on any atom is 0.0209 e. The molecule has 3 atom stereocenters. The van der Waals surface area contributed by atoms with E-state index in [4.69, 9.17) is 0 Å². The Kier molecular flexibility index (Phi) is 6.37. The summed E-state index contributed by atoms with van der Waals surface area (Å²) in [6.07, 6.45) is 6.77. The molecule has 96 valence electrons. The van der Waals surface area contributed by atoms with Crippen LogP contribution in [0.2, 0.25) is 0 Å². The number of unbranched alkanes of at least 4 members (excludes halogenated alkanes) is 1. The molecule has 16 heavy (non-hydrogen) atoms. The lowest BCUT2D eigenvalue weighted by Crippen LogP contribution is -2.35.